The van der Waals surface area contributed by atoms with E-state index in [4.69, 9.17) is 0 Å². The Kier molecular flexibility index (Phi) is 4.48. The van der Waals surface area contributed by atoms with Gasteiger partial charge < -0.3 is 14.4 Å². The van der Waals surface area contributed by atoms with Crippen LogP contribution in [0, 0.1) is 13.8 Å². The highest BCUT2D eigenvalue weighted by Gasteiger charge is 2.24. The van der Waals surface area contributed by atoms with Crippen LogP contribution < -0.4 is 0 Å². The Morgan fingerprint density at radius 3 is 2.57 bits per heavy atom. The van der Waals surface area contributed by atoms with Crippen molar-refractivity contribution in [2.75, 3.05) is 33.2 Å². The number of hydrogen-bond acceptors (Lipinski definition) is 3. The van der Waals surface area contributed by atoms with Gasteiger partial charge in [-0.05, 0) is 39.1 Å². The van der Waals surface area contributed by atoms with Crippen LogP contribution in [0.4, 0.5) is 0 Å². The number of nitrogens with zero attached hydrogens (tertiary/aromatic N) is 4. The summed E-state index contributed by atoms with van der Waals surface area (Å²) >= 11 is 0. The summed E-state index contributed by atoms with van der Waals surface area (Å²) < 4.78 is 2.17. The van der Waals surface area contributed by atoms with Crippen molar-refractivity contribution in [2.45, 2.75) is 20.4 Å². The zero-order chi connectivity index (χ0) is 16.4. The van der Waals surface area contributed by atoms with Crippen molar-refractivity contribution in [3.63, 3.8) is 0 Å². The van der Waals surface area contributed by atoms with E-state index in [1.165, 1.54) is 0 Å². The number of pyridine rings is 1. The molecule has 0 aromatic carbocycles. The van der Waals surface area contributed by atoms with Crippen molar-refractivity contribution in [3.05, 3.63) is 53.1 Å². The second-order valence-electron chi connectivity index (χ2n) is 6.29. The predicted octanol–water partition coefficient (Wildman–Crippen LogP) is 1.94. The molecule has 0 saturated carbocycles. The molecule has 1 aliphatic rings. The molecule has 0 N–H and O–H groups in total. The monoisotopic (exact) mass is 312 g/mol. The van der Waals surface area contributed by atoms with E-state index in [1.807, 2.05) is 36.1 Å². The first-order valence-corrected chi connectivity index (χ1v) is 8.10. The quantitative estimate of drug-likeness (QED) is 0.870. The van der Waals surface area contributed by atoms with Gasteiger partial charge in [0.1, 0.15) is 0 Å². The van der Waals surface area contributed by atoms with Crippen LogP contribution >= 0.6 is 0 Å². The van der Waals surface area contributed by atoms with Crippen LogP contribution in [-0.4, -0.2) is 58.5 Å². The van der Waals surface area contributed by atoms with E-state index in [0.29, 0.717) is 6.54 Å². The second kappa shape index (κ2) is 6.54. The topological polar surface area (TPSA) is 41.4 Å². The largest absolute Gasteiger partial charge is 0.342 e. The summed E-state index contributed by atoms with van der Waals surface area (Å²) in [4.78, 5) is 21.4. The van der Waals surface area contributed by atoms with Crippen molar-refractivity contribution in [3.8, 4) is 0 Å². The van der Waals surface area contributed by atoms with Crippen molar-refractivity contribution >= 4 is 5.91 Å². The molecule has 1 amide bonds. The van der Waals surface area contributed by atoms with Gasteiger partial charge in [-0.1, -0.05) is 6.07 Å². The molecule has 5 nitrogen and oxygen atoms in total. The highest BCUT2D eigenvalue weighted by molar-refractivity contribution is 5.95. The summed E-state index contributed by atoms with van der Waals surface area (Å²) in [6, 6.07) is 7.94. The molecular formula is C18H24N4O. The van der Waals surface area contributed by atoms with Gasteiger partial charge in [0.2, 0.25) is 0 Å². The van der Waals surface area contributed by atoms with Crippen LogP contribution in [0.3, 0.4) is 0 Å². The number of carbonyl (C=O) groups excluding carboxylic acids is 1. The summed E-state index contributed by atoms with van der Waals surface area (Å²) in [5.41, 5.74) is 3.96. The maximum atomic E-state index is 12.8. The van der Waals surface area contributed by atoms with E-state index < -0.39 is 0 Å². The van der Waals surface area contributed by atoms with Crippen LogP contribution in [0.5, 0.6) is 0 Å². The van der Waals surface area contributed by atoms with Crippen molar-refractivity contribution < 1.29 is 4.79 Å². The molecule has 23 heavy (non-hydrogen) atoms. The number of amides is 1. The van der Waals surface area contributed by atoms with Gasteiger partial charge in [0.25, 0.3) is 5.91 Å². The molecule has 2 aromatic heterocycles. The normalized spacial score (nSPS) is 15.9. The Labute approximate surface area is 137 Å². The number of aryl methyl sites for hydroxylation is 1. The van der Waals surface area contributed by atoms with E-state index in [2.05, 4.69) is 28.4 Å². The minimum Gasteiger partial charge on any atom is -0.342 e. The van der Waals surface area contributed by atoms with Crippen molar-refractivity contribution in [1.82, 2.24) is 19.4 Å². The van der Waals surface area contributed by atoms with Gasteiger partial charge in [-0.2, -0.15) is 0 Å². The maximum Gasteiger partial charge on any atom is 0.255 e. The van der Waals surface area contributed by atoms with Gasteiger partial charge in [0.15, 0.2) is 0 Å². The third kappa shape index (κ3) is 3.29. The van der Waals surface area contributed by atoms with Gasteiger partial charge >= 0.3 is 0 Å². The third-order valence-corrected chi connectivity index (χ3v) is 4.64. The van der Waals surface area contributed by atoms with Gasteiger partial charge in [0.05, 0.1) is 17.8 Å². The number of carbonyl (C=O) groups is 1. The summed E-state index contributed by atoms with van der Waals surface area (Å²) in [6.45, 7) is 8.28. The first kappa shape index (κ1) is 15.7. The summed E-state index contributed by atoms with van der Waals surface area (Å²) in [6.07, 6.45) is 1.81. The standard InChI is InChI=1S/C18H24N4O/c1-14-12-17(18(23)21-10-8-20(3)9-11-21)15(2)22(14)13-16-6-4-5-7-19-16/h4-7,12H,8-11,13H2,1-3H3. The molecule has 0 aliphatic carbocycles. The van der Waals surface area contributed by atoms with E-state index in [9.17, 15) is 4.79 Å². The molecule has 0 atom stereocenters. The van der Waals surface area contributed by atoms with Gasteiger partial charge in [-0.3, -0.25) is 9.78 Å². The Bertz CT molecular complexity index is 685. The minimum atomic E-state index is 0.151. The van der Waals surface area contributed by atoms with Crippen molar-refractivity contribution in [1.29, 1.82) is 0 Å². The SMILES string of the molecule is Cc1cc(C(=O)N2CCN(C)CC2)c(C)n1Cc1ccccn1. The Balaban J connectivity index is 1.81. The molecule has 0 radical (unpaired) electrons. The molecule has 0 spiro atoms. The average Bonchev–Trinajstić information content (AvgIpc) is 2.84. The lowest BCUT2D eigenvalue weighted by molar-refractivity contribution is 0.0663. The lowest BCUT2D eigenvalue weighted by Crippen LogP contribution is -2.47. The van der Waals surface area contributed by atoms with E-state index in [0.717, 1.165) is 48.8 Å². The molecule has 0 unspecified atom stereocenters. The fraction of sp³-hybridized carbons (Fsp3) is 0.444. The lowest BCUT2D eigenvalue weighted by atomic mass is 10.2. The van der Waals surface area contributed by atoms with Crippen LogP contribution in [0.1, 0.15) is 27.4 Å². The summed E-state index contributed by atoms with van der Waals surface area (Å²) in [5.74, 6) is 0.151. The zero-order valence-electron chi connectivity index (χ0n) is 14.1. The molecule has 3 heterocycles. The summed E-state index contributed by atoms with van der Waals surface area (Å²) in [7, 11) is 2.10. The first-order valence-electron chi connectivity index (χ1n) is 8.10. The minimum absolute atomic E-state index is 0.151. The molecule has 1 aliphatic heterocycles. The van der Waals surface area contributed by atoms with Crippen LogP contribution in [0.2, 0.25) is 0 Å². The van der Waals surface area contributed by atoms with Gasteiger partial charge in [-0.25, -0.2) is 0 Å². The molecule has 3 rings (SSSR count). The molecule has 2 aromatic rings. The fourth-order valence-corrected chi connectivity index (χ4v) is 3.09. The highest BCUT2D eigenvalue weighted by atomic mass is 16.2. The fourth-order valence-electron chi connectivity index (χ4n) is 3.09. The molecule has 1 saturated heterocycles. The van der Waals surface area contributed by atoms with Crippen LogP contribution in [0.15, 0.2) is 30.5 Å². The van der Waals surface area contributed by atoms with Gasteiger partial charge in [0, 0.05) is 43.8 Å². The Morgan fingerprint density at radius 1 is 1.17 bits per heavy atom. The number of piperazine rings is 1. The third-order valence-electron chi connectivity index (χ3n) is 4.64. The maximum absolute atomic E-state index is 12.8. The molecule has 5 heteroatoms. The van der Waals surface area contributed by atoms with E-state index >= 15 is 0 Å². The lowest BCUT2D eigenvalue weighted by Gasteiger charge is -2.32. The van der Waals surface area contributed by atoms with Crippen molar-refractivity contribution in [2.24, 2.45) is 0 Å². The molecule has 122 valence electrons. The molecular weight excluding hydrogens is 288 g/mol. The number of hydrogen-bond donors (Lipinski definition) is 0. The number of rotatable bonds is 3. The summed E-state index contributed by atoms with van der Waals surface area (Å²) in [5, 5.41) is 0. The zero-order valence-corrected chi connectivity index (χ0v) is 14.1. The van der Waals surface area contributed by atoms with E-state index in [1.54, 1.807) is 6.20 Å². The van der Waals surface area contributed by atoms with Crippen LogP contribution in [0.25, 0.3) is 0 Å². The van der Waals surface area contributed by atoms with E-state index in [-0.39, 0.29) is 5.91 Å². The highest BCUT2D eigenvalue weighted by Crippen LogP contribution is 2.19. The molecule has 0 bridgehead atoms. The molecule has 1 fully saturated rings. The Hall–Kier alpha value is -2.14. The van der Waals surface area contributed by atoms with Crippen LogP contribution in [-0.2, 0) is 6.54 Å². The first-order chi connectivity index (χ1) is 11.1. The predicted molar refractivity (Wildman–Crippen MR) is 90.6 cm³/mol. The number of aromatic nitrogens is 2. The smallest absolute Gasteiger partial charge is 0.255 e. The average molecular weight is 312 g/mol. The number of likely N-dealkylation sites (N-methyl/N-ethyl adjacent to an activating group) is 1. The Morgan fingerprint density at radius 2 is 1.91 bits per heavy atom. The second-order valence-corrected chi connectivity index (χ2v) is 6.29. The van der Waals surface area contributed by atoms with Gasteiger partial charge in [-0.15, -0.1) is 0 Å².